The van der Waals surface area contributed by atoms with E-state index in [1.165, 1.54) is 43.5 Å². The Balaban J connectivity index is 1.76. The lowest BCUT2D eigenvalue weighted by Gasteiger charge is -2.20. The second-order valence-electron chi connectivity index (χ2n) is 4.21. The van der Waals surface area contributed by atoms with Crippen molar-refractivity contribution in [1.82, 2.24) is 4.98 Å². The maximum Gasteiger partial charge on any atom is 0.134 e. The third-order valence-corrected chi connectivity index (χ3v) is 3.99. The average Bonchev–Trinajstić information content (AvgIpc) is 2.63. The Morgan fingerprint density at radius 1 is 1.36 bits per heavy atom. The van der Waals surface area contributed by atoms with Gasteiger partial charge in [-0.15, -0.1) is 11.3 Å². The zero-order chi connectivity index (χ0) is 9.80. The lowest BCUT2D eigenvalue weighted by atomic mass is 9.86. The van der Waals surface area contributed by atoms with Crippen molar-refractivity contribution < 1.29 is 0 Å². The van der Waals surface area contributed by atoms with Gasteiger partial charge in [-0.25, -0.2) is 4.98 Å². The van der Waals surface area contributed by atoms with Gasteiger partial charge in [0.1, 0.15) is 5.82 Å². The molecule has 2 nitrogen and oxygen atoms in total. The number of thiazole rings is 1. The van der Waals surface area contributed by atoms with Crippen LogP contribution in [0.3, 0.4) is 0 Å². The summed E-state index contributed by atoms with van der Waals surface area (Å²) in [7, 11) is 0. The fourth-order valence-corrected chi connectivity index (χ4v) is 2.95. The molecule has 1 aromatic heterocycles. The quantitative estimate of drug-likeness (QED) is 0.831. The Kier molecular flexibility index (Phi) is 3.40. The number of hydrogen-bond donors (Lipinski definition) is 1. The van der Waals surface area contributed by atoms with E-state index in [1.807, 2.05) is 5.38 Å². The molecule has 14 heavy (non-hydrogen) atoms. The van der Waals surface area contributed by atoms with Gasteiger partial charge in [0.15, 0.2) is 0 Å². The third kappa shape index (κ3) is 2.71. The number of nitrogens with two attached hydrogens (primary N) is 1. The molecule has 2 N–H and O–H groups in total. The van der Waals surface area contributed by atoms with Crippen molar-refractivity contribution >= 4 is 17.2 Å². The van der Waals surface area contributed by atoms with E-state index in [9.17, 15) is 0 Å². The average molecular weight is 210 g/mol. The molecule has 1 aromatic rings. The number of aryl methyl sites for hydroxylation is 1. The summed E-state index contributed by atoms with van der Waals surface area (Å²) in [6.45, 7) is 0. The van der Waals surface area contributed by atoms with E-state index >= 15 is 0 Å². The van der Waals surface area contributed by atoms with Crippen LogP contribution in [0.2, 0.25) is 0 Å². The molecule has 78 valence electrons. The highest BCUT2D eigenvalue weighted by Crippen LogP contribution is 2.28. The van der Waals surface area contributed by atoms with Crippen LogP contribution in [0.1, 0.15) is 43.5 Å². The molecule has 1 aliphatic rings. The maximum atomic E-state index is 5.59. The van der Waals surface area contributed by atoms with Crippen LogP contribution in [0.5, 0.6) is 0 Å². The first-order valence-corrected chi connectivity index (χ1v) is 6.42. The van der Waals surface area contributed by atoms with Gasteiger partial charge in [-0.3, -0.25) is 0 Å². The standard InChI is InChI=1S/C11H18N2S/c12-10-8-14-11(13-10)7-6-9-4-2-1-3-5-9/h8-9H,1-7,12H2. The molecule has 0 atom stereocenters. The lowest BCUT2D eigenvalue weighted by molar-refractivity contribution is 0.339. The lowest BCUT2D eigenvalue weighted by Crippen LogP contribution is -2.07. The van der Waals surface area contributed by atoms with Crippen LogP contribution in [-0.2, 0) is 6.42 Å². The molecule has 0 aliphatic heterocycles. The van der Waals surface area contributed by atoms with Gasteiger partial charge >= 0.3 is 0 Å². The Morgan fingerprint density at radius 2 is 2.14 bits per heavy atom. The largest absolute Gasteiger partial charge is 0.383 e. The summed E-state index contributed by atoms with van der Waals surface area (Å²) in [6, 6.07) is 0. The van der Waals surface area contributed by atoms with Crippen LogP contribution in [-0.4, -0.2) is 4.98 Å². The van der Waals surface area contributed by atoms with Gasteiger partial charge in [0.05, 0.1) is 5.01 Å². The first-order chi connectivity index (χ1) is 6.84. The molecule has 0 radical (unpaired) electrons. The van der Waals surface area contributed by atoms with Crippen LogP contribution in [0.25, 0.3) is 0 Å². The van der Waals surface area contributed by atoms with E-state index in [1.54, 1.807) is 11.3 Å². The number of aromatic nitrogens is 1. The minimum absolute atomic E-state index is 0.689. The number of rotatable bonds is 3. The number of nitrogens with zero attached hydrogens (tertiary/aromatic N) is 1. The second kappa shape index (κ2) is 4.78. The molecule has 0 saturated heterocycles. The van der Waals surface area contributed by atoms with E-state index in [0.717, 1.165) is 12.3 Å². The Bertz CT molecular complexity index is 277. The van der Waals surface area contributed by atoms with Gasteiger partial charge in [0.25, 0.3) is 0 Å². The molecule has 1 saturated carbocycles. The molecule has 0 amide bonds. The molecule has 0 bridgehead atoms. The first-order valence-electron chi connectivity index (χ1n) is 5.54. The van der Waals surface area contributed by atoms with Crippen molar-refractivity contribution in [2.24, 2.45) is 5.92 Å². The van der Waals surface area contributed by atoms with Crippen LogP contribution < -0.4 is 5.73 Å². The monoisotopic (exact) mass is 210 g/mol. The van der Waals surface area contributed by atoms with Gasteiger partial charge in [-0.2, -0.15) is 0 Å². The minimum atomic E-state index is 0.689. The predicted molar refractivity (Wildman–Crippen MR) is 61.4 cm³/mol. The van der Waals surface area contributed by atoms with Crippen LogP contribution >= 0.6 is 11.3 Å². The number of hydrogen-bond acceptors (Lipinski definition) is 3. The zero-order valence-corrected chi connectivity index (χ0v) is 9.35. The smallest absolute Gasteiger partial charge is 0.134 e. The molecular formula is C11H18N2S. The van der Waals surface area contributed by atoms with E-state index < -0.39 is 0 Å². The fourth-order valence-electron chi connectivity index (χ4n) is 2.24. The van der Waals surface area contributed by atoms with Crippen LogP contribution in [0.4, 0.5) is 5.82 Å². The van der Waals surface area contributed by atoms with Gasteiger partial charge in [0, 0.05) is 5.38 Å². The van der Waals surface area contributed by atoms with Crippen molar-refractivity contribution in [3.05, 3.63) is 10.4 Å². The molecule has 0 aromatic carbocycles. The van der Waals surface area contributed by atoms with Gasteiger partial charge in [0.2, 0.25) is 0 Å². The molecule has 0 spiro atoms. The molecule has 1 fully saturated rings. The fraction of sp³-hybridized carbons (Fsp3) is 0.727. The zero-order valence-electron chi connectivity index (χ0n) is 8.54. The summed E-state index contributed by atoms with van der Waals surface area (Å²) in [6.07, 6.45) is 9.62. The van der Waals surface area contributed by atoms with Gasteiger partial charge in [-0.05, 0) is 18.8 Å². The Morgan fingerprint density at radius 3 is 2.79 bits per heavy atom. The molecule has 2 rings (SSSR count). The number of nitrogen functional groups attached to an aromatic ring is 1. The summed E-state index contributed by atoms with van der Waals surface area (Å²) < 4.78 is 0. The summed E-state index contributed by atoms with van der Waals surface area (Å²) >= 11 is 1.70. The van der Waals surface area contributed by atoms with Crippen molar-refractivity contribution in [1.29, 1.82) is 0 Å². The van der Waals surface area contributed by atoms with E-state index in [0.29, 0.717) is 5.82 Å². The summed E-state index contributed by atoms with van der Waals surface area (Å²) in [5.74, 6) is 1.64. The Labute approximate surface area is 89.5 Å². The van der Waals surface area contributed by atoms with E-state index in [2.05, 4.69) is 4.98 Å². The first kappa shape index (κ1) is 9.97. The molecule has 0 unspecified atom stereocenters. The predicted octanol–water partition coefficient (Wildman–Crippen LogP) is 3.24. The van der Waals surface area contributed by atoms with Crippen LogP contribution in [0.15, 0.2) is 5.38 Å². The molecule has 1 heterocycles. The van der Waals surface area contributed by atoms with Crippen molar-refractivity contribution in [3.8, 4) is 0 Å². The molecule has 1 aliphatic carbocycles. The number of anilines is 1. The van der Waals surface area contributed by atoms with E-state index in [-0.39, 0.29) is 0 Å². The van der Waals surface area contributed by atoms with Crippen LogP contribution in [0, 0.1) is 5.92 Å². The third-order valence-electron chi connectivity index (χ3n) is 3.06. The van der Waals surface area contributed by atoms with E-state index in [4.69, 9.17) is 5.73 Å². The van der Waals surface area contributed by atoms with Crippen molar-refractivity contribution in [3.63, 3.8) is 0 Å². The Hall–Kier alpha value is -0.570. The van der Waals surface area contributed by atoms with Gasteiger partial charge in [-0.1, -0.05) is 32.1 Å². The topological polar surface area (TPSA) is 38.9 Å². The summed E-state index contributed by atoms with van der Waals surface area (Å²) in [5.41, 5.74) is 5.59. The summed E-state index contributed by atoms with van der Waals surface area (Å²) in [5, 5.41) is 3.16. The van der Waals surface area contributed by atoms with Crippen molar-refractivity contribution in [2.75, 3.05) is 5.73 Å². The molecular weight excluding hydrogens is 192 g/mol. The van der Waals surface area contributed by atoms with Crippen molar-refractivity contribution in [2.45, 2.75) is 44.9 Å². The highest BCUT2D eigenvalue weighted by molar-refractivity contribution is 7.10. The second-order valence-corrected chi connectivity index (χ2v) is 5.15. The normalized spacial score (nSPS) is 18.6. The maximum absolute atomic E-state index is 5.59. The minimum Gasteiger partial charge on any atom is -0.383 e. The highest BCUT2D eigenvalue weighted by atomic mass is 32.1. The van der Waals surface area contributed by atoms with Gasteiger partial charge < -0.3 is 5.73 Å². The molecule has 3 heteroatoms. The summed E-state index contributed by atoms with van der Waals surface area (Å²) in [4.78, 5) is 4.29. The SMILES string of the molecule is Nc1csc(CCC2CCCCC2)n1. The highest BCUT2D eigenvalue weighted by Gasteiger charge is 2.13.